The summed E-state index contributed by atoms with van der Waals surface area (Å²) < 4.78 is 16.6. The summed E-state index contributed by atoms with van der Waals surface area (Å²) in [5, 5.41) is 10.8. The first kappa shape index (κ1) is 23.7. The minimum absolute atomic E-state index is 0.210. The predicted octanol–water partition coefficient (Wildman–Crippen LogP) is 3.14. The van der Waals surface area contributed by atoms with E-state index in [0.29, 0.717) is 51.7 Å². The van der Waals surface area contributed by atoms with Crippen LogP contribution in [0.15, 0.2) is 52.1 Å². The normalized spacial score (nSPS) is 11.0. The number of nitrogens with one attached hydrogen (secondary N) is 4. The molecule has 2 heterocycles. The molecule has 4 rings (SSSR count). The van der Waals surface area contributed by atoms with Crippen LogP contribution < -0.4 is 25.3 Å². The van der Waals surface area contributed by atoms with Gasteiger partial charge in [0.15, 0.2) is 11.5 Å². The average Bonchev–Trinajstić information content (AvgIpc) is 3.36. The van der Waals surface area contributed by atoms with Crippen LogP contribution in [0.25, 0.3) is 0 Å². The summed E-state index contributed by atoms with van der Waals surface area (Å²) >= 11 is 0. The van der Waals surface area contributed by atoms with E-state index >= 15 is 0 Å². The van der Waals surface area contributed by atoms with Crippen molar-refractivity contribution in [3.05, 3.63) is 96.8 Å². The van der Waals surface area contributed by atoms with Crippen LogP contribution in [0.3, 0.4) is 0 Å². The monoisotopic (exact) mass is 478 g/mol. The smallest absolute Gasteiger partial charge is 0.343 e. The van der Waals surface area contributed by atoms with Crippen LogP contribution in [0.5, 0.6) is 17.2 Å². The molecule has 0 saturated heterocycles. The summed E-state index contributed by atoms with van der Waals surface area (Å²) in [4.78, 5) is 38.1. The van der Waals surface area contributed by atoms with Gasteiger partial charge in [-0.05, 0) is 56.7 Å². The lowest BCUT2D eigenvalue weighted by atomic mass is 9.85. The number of aromatic nitrogens is 4. The fraction of sp³-hybridized carbons (Fsp3) is 0.240. The second-order valence-electron chi connectivity index (χ2n) is 7.93. The zero-order chi connectivity index (χ0) is 25.1. The van der Waals surface area contributed by atoms with Gasteiger partial charge < -0.3 is 24.4 Å². The van der Waals surface area contributed by atoms with Crippen molar-refractivity contribution in [3.63, 3.8) is 0 Å². The Morgan fingerprint density at radius 2 is 1.54 bits per heavy atom. The summed E-state index contributed by atoms with van der Waals surface area (Å²) in [5.74, 6) is -0.226. The van der Waals surface area contributed by atoms with Gasteiger partial charge in [-0.25, -0.2) is 4.79 Å². The number of hydrogen-bond acceptors (Lipinski definition) is 6. The Bertz CT molecular complexity index is 1420. The minimum Gasteiger partial charge on any atom is -0.497 e. The Morgan fingerprint density at radius 1 is 0.886 bits per heavy atom. The molecule has 2 aromatic heterocycles. The maximum absolute atomic E-state index is 12.8. The van der Waals surface area contributed by atoms with Crippen molar-refractivity contribution in [3.8, 4) is 17.2 Å². The van der Waals surface area contributed by atoms with Crippen LogP contribution in [-0.2, 0) is 0 Å². The highest BCUT2D eigenvalue weighted by Gasteiger charge is 2.29. The first-order valence-corrected chi connectivity index (χ1v) is 11.0. The van der Waals surface area contributed by atoms with Gasteiger partial charge in [-0.2, -0.15) is 0 Å². The number of hydrogen-bond donors (Lipinski definition) is 4. The Kier molecular flexibility index (Phi) is 6.63. The lowest BCUT2D eigenvalue weighted by Gasteiger charge is -2.18. The number of esters is 1. The Labute approximate surface area is 200 Å². The summed E-state index contributed by atoms with van der Waals surface area (Å²) in [6.45, 7) is 5.62. The fourth-order valence-electron chi connectivity index (χ4n) is 4.05. The highest BCUT2D eigenvalue weighted by Crippen LogP contribution is 2.37. The number of H-pyrrole nitrogens is 4. The molecule has 0 aliphatic carbocycles. The first-order chi connectivity index (χ1) is 16.8. The number of ether oxygens (including phenoxy) is 3. The molecule has 0 unspecified atom stereocenters. The largest absolute Gasteiger partial charge is 0.497 e. The highest BCUT2D eigenvalue weighted by molar-refractivity contribution is 5.91. The molecule has 10 heteroatoms. The number of methoxy groups -OCH3 is 1. The summed E-state index contributed by atoms with van der Waals surface area (Å²) in [5.41, 5.74) is 2.29. The van der Waals surface area contributed by atoms with Gasteiger partial charge in [-0.15, -0.1) is 0 Å². The third-order valence-electron chi connectivity index (χ3n) is 5.71. The molecular weight excluding hydrogens is 452 g/mol. The van der Waals surface area contributed by atoms with Crippen molar-refractivity contribution in [1.82, 2.24) is 20.4 Å². The van der Waals surface area contributed by atoms with Crippen LogP contribution in [0, 0.1) is 13.8 Å². The van der Waals surface area contributed by atoms with Crippen LogP contribution in [-0.4, -0.2) is 40.1 Å². The van der Waals surface area contributed by atoms with Crippen LogP contribution >= 0.6 is 0 Å². The summed E-state index contributed by atoms with van der Waals surface area (Å²) in [6.07, 6.45) is 0. The standard InChI is InChI=1S/C25H26N4O6/c1-5-34-19-12-15(9-10-18(19)35-25(32)16-7-6-8-17(11-16)33-4)22(20-13(2)26-28-23(20)30)21-14(3)27-29-24(21)31/h6-12,22H,5H2,1-4H3,(H2,26,28,30)(H2,27,29,31). The number of carbonyl (C=O) groups excluding carboxylic acids is 1. The number of rotatable bonds is 8. The van der Waals surface area contributed by atoms with Gasteiger partial charge in [0.1, 0.15) is 5.75 Å². The van der Waals surface area contributed by atoms with Gasteiger partial charge in [-0.3, -0.25) is 19.8 Å². The van der Waals surface area contributed by atoms with Crippen LogP contribution in [0.4, 0.5) is 0 Å². The van der Waals surface area contributed by atoms with E-state index in [1.54, 1.807) is 63.2 Å². The van der Waals surface area contributed by atoms with Crippen molar-refractivity contribution in [2.45, 2.75) is 26.7 Å². The molecule has 182 valence electrons. The molecular formula is C25H26N4O6. The van der Waals surface area contributed by atoms with Gasteiger partial charge >= 0.3 is 5.97 Å². The lowest BCUT2D eigenvalue weighted by Crippen LogP contribution is -2.20. The van der Waals surface area contributed by atoms with Crippen LogP contribution in [0.2, 0.25) is 0 Å². The molecule has 0 aliphatic rings. The van der Waals surface area contributed by atoms with E-state index in [9.17, 15) is 14.4 Å². The molecule has 0 amide bonds. The quantitative estimate of drug-likeness (QED) is 0.226. The van der Waals surface area contributed by atoms with E-state index in [-0.39, 0.29) is 16.9 Å². The van der Waals surface area contributed by atoms with E-state index in [0.717, 1.165) is 0 Å². The van der Waals surface area contributed by atoms with Crippen molar-refractivity contribution < 1.29 is 19.0 Å². The molecule has 0 fully saturated rings. The Morgan fingerprint density at radius 3 is 2.09 bits per heavy atom. The van der Waals surface area contributed by atoms with Crippen molar-refractivity contribution in [2.75, 3.05) is 13.7 Å². The Hall–Kier alpha value is -4.47. The number of aromatic amines is 4. The molecule has 10 nitrogen and oxygen atoms in total. The maximum atomic E-state index is 12.8. The number of aryl methyl sites for hydroxylation is 2. The lowest BCUT2D eigenvalue weighted by molar-refractivity contribution is 0.0728. The van der Waals surface area contributed by atoms with Gasteiger partial charge in [0.2, 0.25) is 0 Å². The van der Waals surface area contributed by atoms with E-state index in [1.807, 2.05) is 0 Å². The predicted molar refractivity (Wildman–Crippen MR) is 129 cm³/mol. The number of benzene rings is 2. The number of carbonyl (C=O) groups is 1. The molecule has 0 radical (unpaired) electrons. The topological polar surface area (TPSA) is 142 Å². The van der Waals surface area contributed by atoms with Crippen LogP contribution in [0.1, 0.15) is 51.3 Å². The maximum Gasteiger partial charge on any atom is 0.343 e. The SMILES string of the molecule is CCOc1cc(C(c2c(C)[nH][nH]c2=O)c2c(C)[nH][nH]c2=O)ccc1OC(=O)c1cccc(OC)c1. The molecule has 0 spiro atoms. The third kappa shape index (κ3) is 4.63. The van der Waals surface area contributed by atoms with E-state index in [4.69, 9.17) is 14.2 Å². The van der Waals surface area contributed by atoms with Crippen molar-refractivity contribution in [1.29, 1.82) is 0 Å². The third-order valence-corrected chi connectivity index (χ3v) is 5.71. The van der Waals surface area contributed by atoms with Gasteiger partial charge in [0.25, 0.3) is 11.1 Å². The molecule has 35 heavy (non-hydrogen) atoms. The second kappa shape index (κ2) is 9.80. The van der Waals surface area contributed by atoms with Crippen molar-refractivity contribution >= 4 is 5.97 Å². The van der Waals surface area contributed by atoms with E-state index in [1.165, 1.54) is 7.11 Å². The minimum atomic E-state index is -0.692. The molecule has 2 aromatic carbocycles. The summed E-state index contributed by atoms with van der Waals surface area (Å²) in [7, 11) is 1.52. The van der Waals surface area contributed by atoms with Gasteiger partial charge in [0.05, 0.1) is 30.4 Å². The fourth-order valence-corrected chi connectivity index (χ4v) is 4.05. The zero-order valence-electron chi connectivity index (χ0n) is 19.8. The highest BCUT2D eigenvalue weighted by atomic mass is 16.6. The van der Waals surface area contributed by atoms with E-state index in [2.05, 4.69) is 20.4 Å². The molecule has 0 aliphatic heterocycles. The first-order valence-electron chi connectivity index (χ1n) is 11.0. The molecule has 0 atom stereocenters. The molecule has 0 bridgehead atoms. The van der Waals surface area contributed by atoms with Crippen molar-refractivity contribution in [2.24, 2.45) is 0 Å². The van der Waals surface area contributed by atoms with Gasteiger partial charge in [0, 0.05) is 17.3 Å². The molecule has 4 N–H and O–H groups in total. The van der Waals surface area contributed by atoms with E-state index < -0.39 is 11.9 Å². The Balaban J connectivity index is 1.79. The van der Waals surface area contributed by atoms with Gasteiger partial charge in [-0.1, -0.05) is 12.1 Å². The average molecular weight is 479 g/mol. The molecule has 0 saturated carbocycles. The zero-order valence-corrected chi connectivity index (χ0v) is 19.8. The summed E-state index contributed by atoms with van der Waals surface area (Å²) in [6, 6.07) is 11.6. The second-order valence-corrected chi connectivity index (χ2v) is 7.93. The molecule has 4 aromatic rings.